The quantitative estimate of drug-likeness (QED) is 0.641. The third kappa shape index (κ3) is 2.75. The van der Waals surface area contributed by atoms with Gasteiger partial charge < -0.3 is 0 Å². The zero-order valence-electron chi connectivity index (χ0n) is 11.0. The van der Waals surface area contributed by atoms with Crippen molar-refractivity contribution in [2.24, 2.45) is 0 Å². The van der Waals surface area contributed by atoms with Crippen LogP contribution in [-0.2, 0) is 19.3 Å². The molecule has 0 saturated carbocycles. The Labute approximate surface area is 100 Å². The second-order valence-electron chi connectivity index (χ2n) is 4.33. The van der Waals surface area contributed by atoms with E-state index < -0.39 is 0 Å². The van der Waals surface area contributed by atoms with Gasteiger partial charge in [-0.3, -0.25) is 0 Å². The molecule has 88 valence electrons. The predicted octanol–water partition coefficient (Wildman–Crippen LogP) is 4.80. The van der Waals surface area contributed by atoms with Crippen molar-refractivity contribution >= 4 is 6.08 Å². The fourth-order valence-corrected chi connectivity index (χ4v) is 2.39. The van der Waals surface area contributed by atoms with Gasteiger partial charge in [0.05, 0.1) is 0 Å². The molecule has 0 spiro atoms. The van der Waals surface area contributed by atoms with Crippen LogP contribution in [0, 0.1) is 0 Å². The normalized spacial score (nSPS) is 10.4. The van der Waals surface area contributed by atoms with Gasteiger partial charge in [0, 0.05) is 0 Å². The molecule has 0 amide bonds. The van der Waals surface area contributed by atoms with Gasteiger partial charge in [0.25, 0.3) is 0 Å². The lowest BCUT2D eigenvalue weighted by Gasteiger charge is -2.16. The van der Waals surface area contributed by atoms with Crippen molar-refractivity contribution < 1.29 is 0 Å². The Kier molecular flexibility index (Phi) is 5.31. The molecule has 1 aromatic rings. The van der Waals surface area contributed by atoms with E-state index in [0.29, 0.717) is 0 Å². The molecule has 0 aliphatic rings. The number of aryl methyl sites for hydroxylation is 1. The van der Waals surface area contributed by atoms with Crippen LogP contribution in [0.3, 0.4) is 0 Å². The lowest BCUT2D eigenvalue weighted by Crippen LogP contribution is -2.02. The predicted molar refractivity (Wildman–Crippen MR) is 73.9 cm³/mol. The van der Waals surface area contributed by atoms with E-state index in [1.165, 1.54) is 36.8 Å². The highest BCUT2D eigenvalue weighted by molar-refractivity contribution is 5.56. The zero-order chi connectivity index (χ0) is 12.0. The van der Waals surface area contributed by atoms with E-state index in [9.17, 15) is 0 Å². The zero-order valence-corrected chi connectivity index (χ0v) is 11.0. The third-order valence-electron chi connectivity index (χ3n) is 3.17. The first kappa shape index (κ1) is 13.0. The molecule has 0 nitrogen and oxygen atoms in total. The van der Waals surface area contributed by atoms with Gasteiger partial charge in [0.15, 0.2) is 0 Å². The summed E-state index contributed by atoms with van der Waals surface area (Å²) in [5, 5.41) is 0. The smallest absolute Gasteiger partial charge is 0.0227 e. The van der Waals surface area contributed by atoms with E-state index in [1.807, 2.05) is 6.08 Å². The van der Waals surface area contributed by atoms with Gasteiger partial charge in [-0.2, -0.15) is 0 Å². The van der Waals surface area contributed by atoms with E-state index in [2.05, 4.69) is 39.5 Å². The van der Waals surface area contributed by atoms with Crippen LogP contribution < -0.4 is 0 Å². The summed E-state index contributed by atoms with van der Waals surface area (Å²) in [6.07, 6.45) is 7.98. The second kappa shape index (κ2) is 6.52. The van der Waals surface area contributed by atoms with E-state index in [0.717, 1.165) is 6.42 Å². The van der Waals surface area contributed by atoms with Gasteiger partial charge in [-0.25, -0.2) is 0 Å². The maximum atomic E-state index is 3.93. The average Bonchev–Trinajstić information content (AvgIpc) is 2.31. The molecule has 0 bridgehead atoms. The van der Waals surface area contributed by atoms with Crippen LogP contribution in [0.1, 0.15) is 55.9 Å². The van der Waals surface area contributed by atoms with Gasteiger partial charge in [0.2, 0.25) is 0 Å². The maximum Gasteiger partial charge on any atom is -0.0227 e. The van der Waals surface area contributed by atoms with Crippen molar-refractivity contribution in [1.29, 1.82) is 0 Å². The standard InChI is InChI=1S/C16H24/c1-5-9-15-13(7-3)11-12-14(8-4)16(15)10-6-2/h7,11-12H,3,5-6,8-10H2,1-2,4H3. The molecule has 1 rings (SSSR count). The van der Waals surface area contributed by atoms with Gasteiger partial charge in [0.1, 0.15) is 0 Å². The molecule has 0 aliphatic heterocycles. The van der Waals surface area contributed by atoms with Crippen LogP contribution in [0.4, 0.5) is 0 Å². The Balaban J connectivity index is 3.27. The minimum absolute atomic E-state index is 1.14. The maximum absolute atomic E-state index is 3.93. The Morgan fingerprint density at radius 2 is 1.62 bits per heavy atom. The largest absolute Gasteiger partial charge is 0.0985 e. The van der Waals surface area contributed by atoms with E-state index in [1.54, 1.807) is 11.1 Å². The Hall–Kier alpha value is -1.04. The van der Waals surface area contributed by atoms with E-state index in [4.69, 9.17) is 0 Å². The van der Waals surface area contributed by atoms with Gasteiger partial charge in [-0.1, -0.05) is 58.4 Å². The minimum Gasteiger partial charge on any atom is -0.0985 e. The Morgan fingerprint density at radius 1 is 1.00 bits per heavy atom. The summed E-state index contributed by atoms with van der Waals surface area (Å²) in [6, 6.07) is 4.51. The molecular weight excluding hydrogens is 192 g/mol. The molecule has 0 saturated heterocycles. The van der Waals surface area contributed by atoms with Crippen LogP contribution >= 0.6 is 0 Å². The summed E-state index contributed by atoms with van der Waals surface area (Å²) in [6.45, 7) is 10.7. The van der Waals surface area contributed by atoms with E-state index >= 15 is 0 Å². The molecule has 0 N–H and O–H groups in total. The van der Waals surface area contributed by atoms with Crippen LogP contribution in [0.2, 0.25) is 0 Å². The van der Waals surface area contributed by atoms with Gasteiger partial charge in [-0.15, -0.1) is 0 Å². The first-order chi connectivity index (χ1) is 7.78. The molecule has 0 atom stereocenters. The summed E-state index contributed by atoms with van der Waals surface area (Å²) < 4.78 is 0. The summed E-state index contributed by atoms with van der Waals surface area (Å²) in [5.41, 5.74) is 5.99. The fraction of sp³-hybridized carbons (Fsp3) is 0.500. The molecule has 0 aliphatic carbocycles. The number of hydrogen-bond donors (Lipinski definition) is 0. The molecule has 0 heterocycles. The number of rotatable bonds is 6. The molecule has 0 unspecified atom stereocenters. The van der Waals surface area contributed by atoms with Crippen molar-refractivity contribution in [2.45, 2.75) is 52.9 Å². The lowest BCUT2D eigenvalue weighted by molar-refractivity contribution is 0.843. The van der Waals surface area contributed by atoms with Gasteiger partial charge in [-0.05, 0) is 41.5 Å². The second-order valence-corrected chi connectivity index (χ2v) is 4.33. The van der Waals surface area contributed by atoms with Crippen LogP contribution in [-0.4, -0.2) is 0 Å². The minimum atomic E-state index is 1.14. The van der Waals surface area contributed by atoms with Crippen LogP contribution in [0.5, 0.6) is 0 Å². The summed E-state index contributed by atoms with van der Waals surface area (Å²) in [7, 11) is 0. The average molecular weight is 216 g/mol. The van der Waals surface area contributed by atoms with E-state index in [-0.39, 0.29) is 0 Å². The Bertz CT molecular complexity index is 347. The SMILES string of the molecule is C=Cc1ccc(CC)c(CCC)c1CCC. The molecular formula is C16H24. The van der Waals surface area contributed by atoms with Crippen molar-refractivity contribution in [3.63, 3.8) is 0 Å². The Morgan fingerprint density at radius 3 is 2.12 bits per heavy atom. The monoisotopic (exact) mass is 216 g/mol. The fourth-order valence-electron chi connectivity index (χ4n) is 2.39. The number of hydrogen-bond acceptors (Lipinski definition) is 0. The molecule has 0 heteroatoms. The number of benzene rings is 1. The topological polar surface area (TPSA) is 0 Å². The first-order valence-corrected chi connectivity index (χ1v) is 6.54. The summed E-state index contributed by atoms with van der Waals surface area (Å²) >= 11 is 0. The molecule has 0 aromatic heterocycles. The van der Waals surface area contributed by atoms with Crippen molar-refractivity contribution in [2.75, 3.05) is 0 Å². The molecule has 16 heavy (non-hydrogen) atoms. The lowest BCUT2D eigenvalue weighted by atomic mass is 9.89. The highest BCUT2D eigenvalue weighted by Gasteiger charge is 2.09. The van der Waals surface area contributed by atoms with Crippen LogP contribution in [0.15, 0.2) is 18.7 Å². The first-order valence-electron chi connectivity index (χ1n) is 6.54. The summed E-state index contributed by atoms with van der Waals surface area (Å²) in [5.74, 6) is 0. The molecule has 0 radical (unpaired) electrons. The van der Waals surface area contributed by atoms with Crippen molar-refractivity contribution in [3.05, 3.63) is 41.0 Å². The van der Waals surface area contributed by atoms with Crippen LogP contribution in [0.25, 0.3) is 6.08 Å². The molecule has 1 aromatic carbocycles. The third-order valence-corrected chi connectivity index (χ3v) is 3.17. The van der Waals surface area contributed by atoms with Crippen molar-refractivity contribution in [3.8, 4) is 0 Å². The molecule has 0 fully saturated rings. The summed E-state index contributed by atoms with van der Waals surface area (Å²) in [4.78, 5) is 0. The highest BCUT2D eigenvalue weighted by Crippen LogP contribution is 2.24. The van der Waals surface area contributed by atoms with Gasteiger partial charge >= 0.3 is 0 Å². The highest BCUT2D eigenvalue weighted by atomic mass is 14.1. The van der Waals surface area contributed by atoms with Crippen molar-refractivity contribution in [1.82, 2.24) is 0 Å².